The first kappa shape index (κ1) is 20.9. The second kappa shape index (κ2) is 8.38. The first-order chi connectivity index (χ1) is 14.9. The maximum absolute atomic E-state index is 11.9. The highest BCUT2D eigenvalue weighted by molar-refractivity contribution is 5.79. The fourth-order valence-corrected chi connectivity index (χ4v) is 4.90. The number of H-pyrrole nitrogens is 1. The summed E-state index contributed by atoms with van der Waals surface area (Å²) >= 11 is 0. The van der Waals surface area contributed by atoms with Gasteiger partial charge in [-0.3, -0.25) is 9.79 Å². The highest BCUT2D eigenvalue weighted by Crippen LogP contribution is 2.51. The van der Waals surface area contributed by atoms with Crippen molar-refractivity contribution in [2.45, 2.75) is 39.2 Å². The molecule has 0 aliphatic heterocycles. The molecule has 31 heavy (non-hydrogen) atoms. The number of benzene rings is 1. The van der Waals surface area contributed by atoms with E-state index in [0.717, 1.165) is 41.0 Å². The number of fused-ring (bicyclic) bond motifs is 4. The number of aromatic amines is 1. The molecule has 0 saturated carbocycles. The molecule has 2 unspecified atom stereocenters. The second-order valence-corrected chi connectivity index (χ2v) is 8.48. The van der Waals surface area contributed by atoms with Crippen LogP contribution >= 0.6 is 0 Å². The molecule has 2 aromatic rings. The van der Waals surface area contributed by atoms with Crippen LogP contribution in [-0.4, -0.2) is 11.2 Å². The van der Waals surface area contributed by atoms with E-state index in [1.807, 2.05) is 37.4 Å². The Kier molecular flexibility index (Phi) is 5.64. The van der Waals surface area contributed by atoms with Crippen molar-refractivity contribution in [1.82, 2.24) is 4.98 Å². The average Bonchev–Trinajstić information content (AvgIpc) is 2.71. The molecule has 2 N–H and O–H groups in total. The summed E-state index contributed by atoms with van der Waals surface area (Å²) in [5, 5.41) is 3.21. The Hall–Kier alpha value is -3.40. The molecule has 158 valence electrons. The Labute approximate surface area is 183 Å². The standard InChI is InChI=1S/C27H29N3O/c1-5-23-21-15-19(4)17-27(23,24-12-13-26(31)30-25(24)16-21)28-14-6-7-20-8-10-22(11-9-20)29-18(2)3/h5-15,21,29H,2,16-17H2,1,3-4H3,(H,30,31)/b7-6+,23-5+,28-14?. The van der Waals surface area contributed by atoms with Crippen LogP contribution in [0.4, 0.5) is 5.69 Å². The van der Waals surface area contributed by atoms with Crippen molar-refractivity contribution < 1.29 is 0 Å². The van der Waals surface area contributed by atoms with Gasteiger partial charge >= 0.3 is 0 Å². The average molecular weight is 412 g/mol. The number of pyridine rings is 1. The van der Waals surface area contributed by atoms with Gasteiger partial charge in [-0.25, -0.2) is 0 Å². The Morgan fingerprint density at radius 1 is 1.26 bits per heavy atom. The van der Waals surface area contributed by atoms with Crippen LogP contribution in [-0.2, 0) is 12.0 Å². The zero-order chi connectivity index (χ0) is 22.0. The number of aliphatic imine (C=N–C) groups is 1. The number of allylic oxidation sites excluding steroid dienone is 4. The van der Waals surface area contributed by atoms with Crippen LogP contribution in [0.3, 0.4) is 0 Å². The van der Waals surface area contributed by atoms with Crippen molar-refractivity contribution in [1.29, 1.82) is 0 Å². The van der Waals surface area contributed by atoms with Gasteiger partial charge in [-0.05, 0) is 62.6 Å². The molecule has 4 heteroatoms. The topological polar surface area (TPSA) is 57.2 Å². The summed E-state index contributed by atoms with van der Waals surface area (Å²) in [5.74, 6) is 0.277. The molecule has 0 radical (unpaired) electrons. The van der Waals surface area contributed by atoms with E-state index < -0.39 is 5.54 Å². The Morgan fingerprint density at radius 2 is 2.03 bits per heavy atom. The summed E-state index contributed by atoms with van der Waals surface area (Å²) in [6, 6.07) is 11.8. The van der Waals surface area contributed by atoms with E-state index in [1.165, 1.54) is 11.1 Å². The maximum Gasteiger partial charge on any atom is 0.248 e. The Morgan fingerprint density at radius 3 is 2.74 bits per heavy atom. The van der Waals surface area contributed by atoms with E-state index in [2.05, 4.69) is 61.1 Å². The highest BCUT2D eigenvalue weighted by Gasteiger charge is 2.46. The van der Waals surface area contributed by atoms with E-state index in [9.17, 15) is 4.79 Å². The molecule has 2 aliphatic carbocycles. The number of hydrogen-bond donors (Lipinski definition) is 2. The third-order valence-corrected chi connectivity index (χ3v) is 6.02. The lowest BCUT2D eigenvalue weighted by Crippen LogP contribution is -2.40. The monoisotopic (exact) mass is 411 g/mol. The van der Waals surface area contributed by atoms with Gasteiger partial charge in [-0.1, -0.05) is 42.5 Å². The molecule has 4 rings (SSSR count). The minimum absolute atomic E-state index is 0.0509. The molecular weight excluding hydrogens is 382 g/mol. The lowest BCUT2D eigenvalue weighted by Gasteiger charge is -2.45. The third-order valence-electron chi connectivity index (χ3n) is 6.02. The third kappa shape index (κ3) is 4.11. The zero-order valence-corrected chi connectivity index (χ0v) is 18.4. The van der Waals surface area contributed by atoms with Gasteiger partial charge in [0, 0.05) is 47.3 Å². The number of rotatable bonds is 5. The van der Waals surface area contributed by atoms with Crippen LogP contribution in [0, 0.1) is 5.92 Å². The molecule has 2 atom stereocenters. The molecule has 0 amide bonds. The van der Waals surface area contributed by atoms with Crippen molar-refractivity contribution in [3.8, 4) is 0 Å². The van der Waals surface area contributed by atoms with Crippen molar-refractivity contribution in [3.05, 3.63) is 105 Å². The van der Waals surface area contributed by atoms with Gasteiger partial charge in [-0.2, -0.15) is 0 Å². The SMILES string of the molecule is C=C(C)Nc1ccc(/C=C/C=NC23CC(C)=CC(Cc4[nH]c(=O)ccc42)/C3=C\C)cc1. The number of nitrogens with zero attached hydrogens (tertiary/aromatic N) is 1. The Balaban J connectivity index is 1.66. The van der Waals surface area contributed by atoms with Crippen molar-refractivity contribution in [2.24, 2.45) is 10.9 Å². The van der Waals surface area contributed by atoms with Gasteiger partial charge in [0.05, 0.1) is 0 Å². The number of anilines is 1. The lowest BCUT2D eigenvalue weighted by atomic mass is 9.63. The number of nitrogens with one attached hydrogen (secondary N) is 2. The van der Waals surface area contributed by atoms with E-state index in [-0.39, 0.29) is 11.5 Å². The predicted octanol–water partition coefficient (Wildman–Crippen LogP) is 5.77. The number of hydrogen-bond acceptors (Lipinski definition) is 3. The summed E-state index contributed by atoms with van der Waals surface area (Å²) in [7, 11) is 0. The first-order valence-corrected chi connectivity index (χ1v) is 10.7. The van der Waals surface area contributed by atoms with Crippen molar-refractivity contribution in [3.63, 3.8) is 0 Å². The fraction of sp³-hybridized carbons (Fsp3) is 0.259. The van der Waals surface area contributed by atoms with Gasteiger partial charge in [0.2, 0.25) is 5.56 Å². The van der Waals surface area contributed by atoms with Crippen LogP contribution in [0.5, 0.6) is 0 Å². The summed E-state index contributed by atoms with van der Waals surface area (Å²) in [6.07, 6.45) is 12.1. The smallest absolute Gasteiger partial charge is 0.248 e. The van der Waals surface area contributed by atoms with Crippen molar-refractivity contribution >= 4 is 18.0 Å². The van der Waals surface area contributed by atoms with E-state index >= 15 is 0 Å². The quantitative estimate of drug-likeness (QED) is 0.485. The molecule has 1 aromatic heterocycles. The van der Waals surface area contributed by atoms with Gasteiger partial charge in [0.1, 0.15) is 5.54 Å². The predicted molar refractivity (Wildman–Crippen MR) is 130 cm³/mol. The van der Waals surface area contributed by atoms with Gasteiger partial charge in [0.15, 0.2) is 0 Å². The first-order valence-electron chi connectivity index (χ1n) is 10.7. The van der Waals surface area contributed by atoms with Crippen LogP contribution in [0.25, 0.3) is 6.08 Å². The van der Waals surface area contributed by atoms with E-state index in [4.69, 9.17) is 4.99 Å². The van der Waals surface area contributed by atoms with Crippen LogP contribution in [0.15, 0.2) is 87.8 Å². The normalized spacial score (nSPS) is 23.8. The van der Waals surface area contributed by atoms with Crippen LogP contribution in [0.1, 0.15) is 44.0 Å². The largest absolute Gasteiger partial charge is 0.360 e. The van der Waals surface area contributed by atoms with Gasteiger partial charge in [-0.15, -0.1) is 0 Å². The van der Waals surface area contributed by atoms with Crippen LogP contribution in [0.2, 0.25) is 0 Å². The molecule has 0 spiro atoms. The minimum Gasteiger partial charge on any atom is -0.360 e. The van der Waals surface area contributed by atoms with E-state index in [1.54, 1.807) is 6.07 Å². The molecule has 2 bridgehead atoms. The summed E-state index contributed by atoms with van der Waals surface area (Å²) < 4.78 is 0. The van der Waals surface area contributed by atoms with E-state index in [0.29, 0.717) is 0 Å². The molecule has 4 nitrogen and oxygen atoms in total. The molecule has 1 aromatic carbocycles. The molecule has 0 saturated heterocycles. The summed E-state index contributed by atoms with van der Waals surface area (Å²) in [5.41, 5.74) is 7.33. The zero-order valence-electron chi connectivity index (χ0n) is 18.4. The lowest BCUT2D eigenvalue weighted by molar-refractivity contribution is 0.413. The summed E-state index contributed by atoms with van der Waals surface area (Å²) in [6.45, 7) is 10.1. The van der Waals surface area contributed by atoms with Gasteiger partial charge < -0.3 is 10.3 Å². The summed E-state index contributed by atoms with van der Waals surface area (Å²) in [4.78, 5) is 20.1. The van der Waals surface area contributed by atoms with Gasteiger partial charge in [0.25, 0.3) is 0 Å². The minimum atomic E-state index is -0.449. The highest BCUT2D eigenvalue weighted by atomic mass is 16.1. The molecule has 0 fully saturated rings. The fourth-order valence-electron chi connectivity index (χ4n) is 4.90. The molecule has 1 heterocycles. The Bertz CT molecular complexity index is 1180. The maximum atomic E-state index is 11.9. The molecule has 2 aliphatic rings. The number of aromatic nitrogens is 1. The molecular formula is C27H29N3O. The second-order valence-electron chi connectivity index (χ2n) is 8.48. The van der Waals surface area contributed by atoms with Crippen molar-refractivity contribution in [2.75, 3.05) is 5.32 Å². The van der Waals surface area contributed by atoms with Crippen LogP contribution < -0.4 is 10.9 Å².